The number of nitriles is 1. The van der Waals surface area contributed by atoms with Crippen LogP contribution in [-0.2, 0) is 0 Å². The Labute approximate surface area is 175 Å². The van der Waals surface area contributed by atoms with E-state index in [1.165, 1.54) is 0 Å². The van der Waals surface area contributed by atoms with Gasteiger partial charge in [-0.1, -0.05) is 24.3 Å². The van der Waals surface area contributed by atoms with Crippen LogP contribution in [0, 0.1) is 11.3 Å². The molecule has 7 heteroatoms. The maximum absolute atomic E-state index is 10.9. The van der Waals surface area contributed by atoms with E-state index in [2.05, 4.69) is 31.9 Å². The van der Waals surface area contributed by atoms with Crippen LogP contribution in [0.4, 0.5) is 5.69 Å². The molecule has 0 unspecified atom stereocenters. The van der Waals surface area contributed by atoms with Gasteiger partial charge in [0.1, 0.15) is 23.2 Å². The number of methoxy groups -OCH3 is 1. The third-order valence-corrected chi connectivity index (χ3v) is 5.68. The van der Waals surface area contributed by atoms with E-state index in [1.54, 1.807) is 7.11 Å². The van der Waals surface area contributed by atoms with Gasteiger partial charge in [0.2, 0.25) is 0 Å². The van der Waals surface area contributed by atoms with Crippen molar-refractivity contribution >= 4 is 22.3 Å². The zero-order valence-corrected chi connectivity index (χ0v) is 17.2. The number of H-pyrrole nitrogens is 1. The summed E-state index contributed by atoms with van der Waals surface area (Å²) in [6.45, 7) is 5.08. The Morgan fingerprint density at radius 2 is 1.83 bits per heavy atom. The molecule has 2 N–H and O–H groups in total. The minimum atomic E-state index is -0.285. The average molecular weight is 403 g/mol. The number of hydrogen-bond acceptors (Lipinski definition) is 6. The van der Waals surface area contributed by atoms with Gasteiger partial charge in [-0.3, -0.25) is 4.90 Å². The summed E-state index contributed by atoms with van der Waals surface area (Å²) in [6, 6.07) is 17.4. The number of aliphatic hydroxyl groups is 1. The van der Waals surface area contributed by atoms with E-state index in [1.807, 2.05) is 49.4 Å². The van der Waals surface area contributed by atoms with E-state index < -0.39 is 0 Å². The second-order valence-corrected chi connectivity index (χ2v) is 7.35. The number of benzene rings is 2. The number of ether oxygens (including phenoxy) is 1. The monoisotopic (exact) mass is 403 g/mol. The van der Waals surface area contributed by atoms with Crippen molar-refractivity contribution in [2.75, 3.05) is 38.2 Å². The largest absolute Gasteiger partial charge is 0.509 e. The maximum Gasteiger partial charge on any atom is 0.152 e. The molecule has 3 aromatic rings. The van der Waals surface area contributed by atoms with Crippen LogP contribution in [0.1, 0.15) is 12.7 Å². The molecule has 1 aliphatic rings. The highest BCUT2D eigenvalue weighted by molar-refractivity contribution is 5.83. The Hall–Kier alpha value is -3.50. The van der Waals surface area contributed by atoms with E-state index in [0.29, 0.717) is 5.82 Å². The number of hydrogen-bond donors (Lipinski definition) is 2. The molecule has 0 saturated carbocycles. The van der Waals surface area contributed by atoms with Crippen LogP contribution in [0.25, 0.3) is 16.6 Å². The Morgan fingerprint density at radius 1 is 1.13 bits per heavy atom. The quantitative estimate of drug-likeness (QED) is 0.500. The minimum Gasteiger partial charge on any atom is -0.509 e. The third-order valence-electron chi connectivity index (χ3n) is 5.68. The lowest BCUT2D eigenvalue weighted by atomic mass is 10.1. The number of fused-ring (bicyclic) bond motifs is 1. The lowest BCUT2D eigenvalue weighted by Crippen LogP contribution is -2.50. The number of nitrogens with one attached hydrogen (secondary N) is 1. The number of anilines is 1. The topological polar surface area (TPSA) is 88.4 Å². The van der Waals surface area contributed by atoms with Crippen molar-refractivity contribution in [1.29, 1.82) is 5.26 Å². The Bertz CT molecular complexity index is 1070. The summed E-state index contributed by atoms with van der Waals surface area (Å²) in [5, 5.41) is 20.6. The van der Waals surface area contributed by atoms with E-state index in [0.717, 1.165) is 48.6 Å². The molecule has 0 amide bonds. The van der Waals surface area contributed by atoms with Crippen LogP contribution in [0.3, 0.4) is 0 Å². The highest BCUT2D eigenvalue weighted by Crippen LogP contribution is 2.29. The van der Waals surface area contributed by atoms with Gasteiger partial charge < -0.3 is 19.7 Å². The first kappa shape index (κ1) is 19.8. The number of para-hydroxylation sites is 4. The number of imidazole rings is 1. The highest BCUT2D eigenvalue weighted by Gasteiger charge is 2.27. The molecule has 1 fully saturated rings. The molecule has 1 saturated heterocycles. The van der Waals surface area contributed by atoms with Gasteiger partial charge in [-0.05, 0) is 31.2 Å². The van der Waals surface area contributed by atoms with Gasteiger partial charge >= 0.3 is 0 Å². The first-order chi connectivity index (χ1) is 14.6. The molecule has 4 rings (SSSR count). The molecule has 2 heterocycles. The predicted molar refractivity (Wildman–Crippen MR) is 117 cm³/mol. The second kappa shape index (κ2) is 8.47. The molecule has 30 heavy (non-hydrogen) atoms. The zero-order valence-electron chi connectivity index (χ0n) is 17.2. The van der Waals surface area contributed by atoms with Crippen LogP contribution < -0.4 is 9.64 Å². The Morgan fingerprint density at radius 3 is 2.53 bits per heavy atom. The molecule has 0 bridgehead atoms. The number of nitrogens with zero attached hydrogens (tertiary/aromatic N) is 4. The lowest BCUT2D eigenvalue weighted by Gasteiger charge is -2.39. The van der Waals surface area contributed by atoms with E-state index in [4.69, 9.17) is 4.74 Å². The van der Waals surface area contributed by atoms with Crippen molar-refractivity contribution in [1.82, 2.24) is 14.9 Å². The van der Waals surface area contributed by atoms with Crippen LogP contribution in [-0.4, -0.2) is 59.3 Å². The van der Waals surface area contributed by atoms with Crippen molar-refractivity contribution in [2.45, 2.75) is 13.0 Å². The fourth-order valence-corrected chi connectivity index (χ4v) is 3.93. The first-order valence-corrected chi connectivity index (χ1v) is 10.0. The number of aliphatic hydroxyl groups excluding tert-OH is 1. The SMILES string of the molecule is COc1ccccc1N1CCN([C@H](C)/C(O)=C(\C#N)c2nc3ccccc3[nH]2)CC1. The number of aromatic amines is 1. The molecule has 1 aliphatic heterocycles. The fourth-order valence-electron chi connectivity index (χ4n) is 3.93. The summed E-state index contributed by atoms with van der Waals surface area (Å²) < 4.78 is 5.48. The van der Waals surface area contributed by atoms with E-state index in [9.17, 15) is 10.4 Å². The van der Waals surface area contributed by atoms with Crippen LogP contribution >= 0.6 is 0 Å². The Kier molecular flexibility index (Phi) is 5.59. The average Bonchev–Trinajstić information content (AvgIpc) is 3.22. The number of allylic oxidation sites excluding steroid dienone is 1. The fraction of sp³-hybridized carbons (Fsp3) is 0.304. The normalized spacial score (nSPS) is 16.8. The number of piperazine rings is 1. The van der Waals surface area contributed by atoms with Crippen LogP contribution in [0.15, 0.2) is 54.3 Å². The number of rotatable bonds is 5. The highest BCUT2D eigenvalue weighted by atomic mass is 16.5. The van der Waals surface area contributed by atoms with Gasteiger partial charge in [0.05, 0.1) is 29.9 Å². The molecule has 0 spiro atoms. The van der Waals surface area contributed by atoms with Gasteiger partial charge in [0.25, 0.3) is 0 Å². The van der Waals surface area contributed by atoms with Crippen molar-refractivity contribution < 1.29 is 9.84 Å². The van der Waals surface area contributed by atoms with Gasteiger partial charge in [-0.25, -0.2) is 4.98 Å². The summed E-state index contributed by atoms with van der Waals surface area (Å²) in [5.41, 5.74) is 2.87. The van der Waals surface area contributed by atoms with Crippen LogP contribution in [0.5, 0.6) is 5.75 Å². The molecule has 2 aromatic carbocycles. The molecule has 154 valence electrons. The molecule has 0 radical (unpaired) electrons. The molecule has 1 atom stereocenters. The minimum absolute atomic E-state index is 0.0438. The van der Waals surface area contributed by atoms with E-state index in [-0.39, 0.29) is 17.4 Å². The van der Waals surface area contributed by atoms with Crippen molar-refractivity contribution in [2.24, 2.45) is 0 Å². The summed E-state index contributed by atoms with van der Waals surface area (Å²) in [6.07, 6.45) is 0. The lowest BCUT2D eigenvalue weighted by molar-refractivity contribution is 0.178. The van der Waals surface area contributed by atoms with Crippen molar-refractivity contribution in [3.8, 4) is 11.8 Å². The Balaban J connectivity index is 1.51. The molecular weight excluding hydrogens is 378 g/mol. The summed E-state index contributed by atoms with van der Waals surface area (Å²) in [7, 11) is 1.68. The predicted octanol–water partition coefficient (Wildman–Crippen LogP) is 3.57. The third kappa shape index (κ3) is 3.70. The standard InChI is InChI=1S/C23H25N5O2/c1-16(22(29)17(15-24)23-25-18-7-3-4-8-19(18)26-23)27-11-13-28(14-12-27)20-9-5-6-10-21(20)30-2/h3-10,16,29H,11-14H2,1-2H3,(H,25,26)/b22-17-/t16-/m1/s1. The number of aromatic nitrogens is 2. The van der Waals surface area contributed by atoms with Crippen molar-refractivity contribution in [3.63, 3.8) is 0 Å². The van der Waals surface area contributed by atoms with Crippen LogP contribution in [0.2, 0.25) is 0 Å². The second-order valence-electron chi connectivity index (χ2n) is 7.35. The van der Waals surface area contributed by atoms with Gasteiger partial charge in [0.15, 0.2) is 5.82 Å². The smallest absolute Gasteiger partial charge is 0.152 e. The molecule has 1 aromatic heterocycles. The molecule has 0 aliphatic carbocycles. The zero-order chi connectivity index (χ0) is 21.1. The van der Waals surface area contributed by atoms with Gasteiger partial charge in [-0.15, -0.1) is 0 Å². The van der Waals surface area contributed by atoms with E-state index >= 15 is 0 Å². The maximum atomic E-state index is 10.9. The first-order valence-electron chi connectivity index (χ1n) is 10.0. The summed E-state index contributed by atoms with van der Waals surface area (Å²) in [4.78, 5) is 12.1. The van der Waals surface area contributed by atoms with Gasteiger partial charge in [-0.2, -0.15) is 5.26 Å². The van der Waals surface area contributed by atoms with Gasteiger partial charge in [0, 0.05) is 26.2 Å². The molecule has 7 nitrogen and oxygen atoms in total. The summed E-state index contributed by atoms with van der Waals surface area (Å²) >= 11 is 0. The van der Waals surface area contributed by atoms with Crippen molar-refractivity contribution in [3.05, 3.63) is 60.1 Å². The summed E-state index contributed by atoms with van der Waals surface area (Å²) in [5.74, 6) is 1.30. The molecular formula is C23H25N5O2.